The van der Waals surface area contributed by atoms with Crippen LogP contribution in [0.25, 0.3) is 0 Å². The summed E-state index contributed by atoms with van der Waals surface area (Å²) in [6.07, 6.45) is 2.37. The van der Waals surface area contributed by atoms with Gasteiger partial charge in [0.1, 0.15) is 0 Å². The summed E-state index contributed by atoms with van der Waals surface area (Å²) in [4.78, 5) is 12.0. The number of amides is 1. The molecule has 1 aromatic carbocycles. The maximum atomic E-state index is 10.6. The minimum absolute atomic E-state index is 0.200. The number of fused-ring (bicyclic) bond motifs is 1. The van der Waals surface area contributed by atoms with Crippen LogP contribution in [0.4, 0.5) is 5.69 Å². The average molecular weight is 222 g/mol. The lowest BCUT2D eigenvalue weighted by molar-refractivity contribution is -0.116. The van der Waals surface area contributed by atoms with Gasteiger partial charge >= 0.3 is 0 Å². The number of rotatable bonds is 3. The predicted molar refractivity (Wildman–Crippen MR) is 63.2 cm³/mol. The van der Waals surface area contributed by atoms with Gasteiger partial charge in [-0.2, -0.15) is 0 Å². The molecule has 3 nitrogen and oxygen atoms in total. The second-order valence-electron chi connectivity index (χ2n) is 3.59. The van der Waals surface area contributed by atoms with Gasteiger partial charge in [-0.15, -0.1) is 11.8 Å². The number of primary amides is 1. The summed E-state index contributed by atoms with van der Waals surface area (Å²) < 4.78 is 0. The molecule has 1 heterocycles. The molecule has 0 radical (unpaired) electrons. The Morgan fingerprint density at radius 1 is 1.53 bits per heavy atom. The third-order valence-corrected chi connectivity index (χ3v) is 3.58. The number of aryl methyl sites for hydroxylation is 1. The summed E-state index contributed by atoms with van der Waals surface area (Å²) in [6.45, 7) is 0.200. The third kappa shape index (κ3) is 2.65. The number of nitrogens with one attached hydrogen (secondary N) is 1. The van der Waals surface area contributed by atoms with E-state index in [9.17, 15) is 4.79 Å². The van der Waals surface area contributed by atoms with Gasteiger partial charge in [0.25, 0.3) is 0 Å². The van der Waals surface area contributed by atoms with E-state index in [1.54, 1.807) is 0 Å². The molecule has 4 heteroatoms. The maximum absolute atomic E-state index is 10.6. The summed E-state index contributed by atoms with van der Waals surface area (Å²) in [5, 5.41) is 3.01. The lowest BCUT2D eigenvalue weighted by atomic mass is 10.1. The van der Waals surface area contributed by atoms with Crippen LogP contribution in [0.5, 0.6) is 0 Å². The van der Waals surface area contributed by atoms with Crippen molar-refractivity contribution < 1.29 is 4.79 Å². The molecule has 0 aliphatic carbocycles. The standard InChI is InChI=1S/C11H14N2OS/c12-11(14)7-13-9-3-4-10-8(6-9)2-1-5-15-10/h3-4,6,13H,1-2,5,7H2,(H2,12,14). The van der Waals surface area contributed by atoms with Crippen molar-refractivity contribution in [3.8, 4) is 0 Å². The number of anilines is 1. The van der Waals surface area contributed by atoms with Crippen LogP contribution < -0.4 is 11.1 Å². The fourth-order valence-electron chi connectivity index (χ4n) is 1.66. The average Bonchev–Trinajstić information content (AvgIpc) is 2.26. The van der Waals surface area contributed by atoms with Crippen LogP contribution in [0, 0.1) is 0 Å². The molecule has 0 spiro atoms. The highest BCUT2D eigenvalue weighted by Crippen LogP contribution is 2.31. The fourth-order valence-corrected chi connectivity index (χ4v) is 2.68. The van der Waals surface area contributed by atoms with Gasteiger partial charge in [0, 0.05) is 10.6 Å². The smallest absolute Gasteiger partial charge is 0.236 e. The van der Waals surface area contributed by atoms with Crippen molar-refractivity contribution in [1.29, 1.82) is 0 Å². The Hall–Kier alpha value is -1.16. The molecule has 0 aromatic heterocycles. The van der Waals surface area contributed by atoms with E-state index in [1.165, 1.54) is 22.6 Å². The monoisotopic (exact) mass is 222 g/mol. The Morgan fingerprint density at radius 2 is 2.40 bits per heavy atom. The minimum Gasteiger partial charge on any atom is -0.376 e. The first-order chi connectivity index (χ1) is 7.25. The zero-order valence-electron chi connectivity index (χ0n) is 8.45. The molecular weight excluding hydrogens is 208 g/mol. The number of benzene rings is 1. The lowest BCUT2D eigenvalue weighted by Crippen LogP contribution is -2.21. The number of nitrogens with two attached hydrogens (primary N) is 1. The topological polar surface area (TPSA) is 55.1 Å². The van der Waals surface area contributed by atoms with E-state index in [-0.39, 0.29) is 12.5 Å². The molecule has 0 saturated heterocycles. The molecule has 3 N–H and O–H groups in total. The van der Waals surface area contributed by atoms with Gasteiger partial charge < -0.3 is 11.1 Å². The molecule has 0 bridgehead atoms. The van der Waals surface area contributed by atoms with Crippen molar-refractivity contribution in [2.75, 3.05) is 17.6 Å². The maximum Gasteiger partial charge on any atom is 0.236 e. The van der Waals surface area contributed by atoms with Gasteiger partial charge in [0.2, 0.25) is 5.91 Å². The van der Waals surface area contributed by atoms with E-state index in [1.807, 2.05) is 17.8 Å². The molecule has 1 aliphatic rings. The Kier molecular flexibility index (Phi) is 3.16. The van der Waals surface area contributed by atoms with Crippen LogP contribution >= 0.6 is 11.8 Å². The van der Waals surface area contributed by atoms with E-state index in [0.717, 1.165) is 12.1 Å². The van der Waals surface area contributed by atoms with Crippen molar-refractivity contribution in [2.24, 2.45) is 5.73 Å². The molecule has 0 atom stereocenters. The van der Waals surface area contributed by atoms with Crippen molar-refractivity contribution in [3.63, 3.8) is 0 Å². The summed E-state index contributed by atoms with van der Waals surface area (Å²) in [5.74, 6) is 0.878. The SMILES string of the molecule is NC(=O)CNc1ccc2c(c1)CCCS2. The van der Waals surface area contributed by atoms with Crippen molar-refractivity contribution in [3.05, 3.63) is 23.8 Å². The number of carbonyl (C=O) groups excluding carboxylic acids is 1. The van der Waals surface area contributed by atoms with Gasteiger partial charge in [-0.1, -0.05) is 0 Å². The molecule has 1 aliphatic heterocycles. The first-order valence-corrected chi connectivity index (χ1v) is 6.02. The van der Waals surface area contributed by atoms with E-state index in [2.05, 4.69) is 17.4 Å². The Bertz CT molecular complexity index is 379. The van der Waals surface area contributed by atoms with Crippen molar-refractivity contribution in [2.45, 2.75) is 17.7 Å². The number of carbonyl (C=O) groups is 1. The van der Waals surface area contributed by atoms with Gasteiger partial charge in [0.15, 0.2) is 0 Å². The summed E-state index contributed by atoms with van der Waals surface area (Å²) in [5.41, 5.74) is 7.43. The van der Waals surface area contributed by atoms with E-state index in [0.29, 0.717) is 0 Å². The molecule has 2 rings (SSSR count). The number of hydrogen-bond acceptors (Lipinski definition) is 3. The first-order valence-electron chi connectivity index (χ1n) is 5.03. The van der Waals surface area contributed by atoms with Crippen molar-refractivity contribution in [1.82, 2.24) is 0 Å². The minimum atomic E-state index is -0.331. The molecule has 15 heavy (non-hydrogen) atoms. The van der Waals surface area contributed by atoms with Crippen LogP contribution in [0.1, 0.15) is 12.0 Å². The quantitative estimate of drug-likeness (QED) is 0.817. The van der Waals surface area contributed by atoms with Gasteiger partial charge in [-0.25, -0.2) is 0 Å². The van der Waals surface area contributed by atoms with Crippen molar-refractivity contribution >= 4 is 23.4 Å². The summed E-state index contributed by atoms with van der Waals surface area (Å²) in [6, 6.07) is 6.23. The van der Waals surface area contributed by atoms with E-state index in [4.69, 9.17) is 5.73 Å². The molecule has 0 unspecified atom stereocenters. The highest BCUT2D eigenvalue weighted by molar-refractivity contribution is 7.99. The third-order valence-electron chi connectivity index (χ3n) is 2.38. The van der Waals surface area contributed by atoms with Crippen LogP contribution in [0.15, 0.2) is 23.1 Å². The zero-order valence-corrected chi connectivity index (χ0v) is 9.27. The van der Waals surface area contributed by atoms with E-state index < -0.39 is 0 Å². The molecule has 1 aromatic rings. The van der Waals surface area contributed by atoms with Gasteiger partial charge in [-0.05, 0) is 42.4 Å². The Balaban J connectivity index is 2.10. The van der Waals surface area contributed by atoms with Crippen LogP contribution in [-0.4, -0.2) is 18.2 Å². The van der Waals surface area contributed by atoms with Crippen LogP contribution in [0.2, 0.25) is 0 Å². The Morgan fingerprint density at radius 3 is 3.20 bits per heavy atom. The number of thioether (sulfide) groups is 1. The van der Waals surface area contributed by atoms with Gasteiger partial charge in [-0.3, -0.25) is 4.79 Å². The molecule has 0 fully saturated rings. The van der Waals surface area contributed by atoms with Gasteiger partial charge in [0.05, 0.1) is 6.54 Å². The molecular formula is C11H14N2OS. The molecule has 1 amide bonds. The number of hydrogen-bond donors (Lipinski definition) is 2. The largest absolute Gasteiger partial charge is 0.376 e. The summed E-state index contributed by atoms with van der Waals surface area (Å²) >= 11 is 1.90. The predicted octanol–water partition coefficient (Wildman–Crippen LogP) is 1.62. The Labute approximate surface area is 93.4 Å². The highest BCUT2D eigenvalue weighted by atomic mass is 32.2. The second kappa shape index (κ2) is 4.57. The zero-order chi connectivity index (χ0) is 10.7. The first kappa shape index (κ1) is 10.4. The van der Waals surface area contributed by atoms with Crippen LogP contribution in [0.3, 0.4) is 0 Å². The molecule has 80 valence electrons. The van der Waals surface area contributed by atoms with E-state index >= 15 is 0 Å². The second-order valence-corrected chi connectivity index (χ2v) is 4.73. The highest BCUT2D eigenvalue weighted by Gasteiger charge is 2.09. The lowest BCUT2D eigenvalue weighted by Gasteiger charge is -2.16. The van der Waals surface area contributed by atoms with Crippen LogP contribution in [-0.2, 0) is 11.2 Å². The normalized spacial score (nSPS) is 14.4. The summed E-state index contributed by atoms with van der Waals surface area (Å²) in [7, 11) is 0. The fraction of sp³-hybridized carbons (Fsp3) is 0.364. The molecule has 0 saturated carbocycles.